The predicted molar refractivity (Wildman–Crippen MR) is 87.9 cm³/mol. The summed E-state index contributed by atoms with van der Waals surface area (Å²) >= 11 is 0. The first-order valence-corrected chi connectivity index (χ1v) is 7.41. The van der Waals surface area contributed by atoms with Gasteiger partial charge in [-0.15, -0.1) is 0 Å². The number of hydrogen-bond acceptors (Lipinski definition) is 3. The van der Waals surface area contributed by atoms with Crippen molar-refractivity contribution in [3.8, 4) is 11.8 Å². The first-order valence-electron chi connectivity index (χ1n) is 7.41. The fraction of sp³-hybridized carbons (Fsp3) is 0.389. The third-order valence-corrected chi connectivity index (χ3v) is 4.21. The summed E-state index contributed by atoms with van der Waals surface area (Å²) in [5.74, 6) is 0.896. The molecule has 0 aliphatic rings. The fourth-order valence-corrected chi connectivity index (χ4v) is 2.61. The standard InChI is InChI=1S/C18H23N3O/c1-12-6-7-18(22-5)17(8-12)13(2)20-11-15-9-16(10-19)21(4)14(15)3/h6-9,13,20H,11H2,1-5H3/t13-/m0/s1. The van der Waals surface area contributed by atoms with Crippen LogP contribution < -0.4 is 10.1 Å². The number of nitrogens with one attached hydrogen (secondary N) is 1. The van der Waals surface area contributed by atoms with Gasteiger partial charge >= 0.3 is 0 Å². The van der Waals surface area contributed by atoms with Crippen molar-refractivity contribution >= 4 is 0 Å². The number of ether oxygens (including phenoxy) is 1. The number of hydrogen-bond donors (Lipinski definition) is 1. The van der Waals surface area contributed by atoms with Crippen LogP contribution in [0.4, 0.5) is 0 Å². The van der Waals surface area contributed by atoms with E-state index in [0.717, 1.165) is 29.1 Å². The van der Waals surface area contributed by atoms with E-state index in [1.165, 1.54) is 5.56 Å². The van der Waals surface area contributed by atoms with Crippen molar-refractivity contribution in [2.75, 3.05) is 7.11 Å². The zero-order valence-electron chi connectivity index (χ0n) is 13.9. The lowest BCUT2D eigenvalue weighted by atomic mass is 10.0. The Kier molecular flexibility index (Phi) is 4.89. The first-order chi connectivity index (χ1) is 10.5. The van der Waals surface area contributed by atoms with E-state index in [-0.39, 0.29) is 6.04 Å². The molecule has 0 amide bonds. The maximum Gasteiger partial charge on any atom is 0.123 e. The van der Waals surface area contributed by atoms with Gasteiger partial charge in [0.2, 0.25) is 0 Å². The molecule has 0 saturated heterocycles. The van der Waals surface area contributed by atoms with E-state index in [4.69, 9.17) is 10.00 Å². The molecule has 1 aromatic carbocycles. The van der Waals surface area contributed by atoms with Gasteiger partial charge in [0.15, 0.2) is 0 Å². The van der Waals surface area contributed by atoms with Crippen molar-refractivity contribution in [2.24, 2.45) is 7.05 Å². The third-order valence-electron chi connectivity index (χ3n) is 4.21. The van der Waals surface area contributed by atoms with Crippen molar-refractivity contribution in [1.82, 2.24) is 9.88 Å². The minimum absolute atomic E-state index is 0.167. The van der Waals surface area contributed by atoms with E-state index < -0.39 is 0 Å². The van der Waals surface area contributed by atoms with Crippen LogP contribution in [0, 0.1) is 25.2 Å². The monoisotopic (exact) mass is 297 g/mol. The molecule has 2 aromatic rings. The Morgan fingerprint density at radius 2 is 2.05 bits per heavy atom. The molecule has 4 nitrogen and oxygen atoms in total. The molecule has 0 aliphatic heterocycles. The largest absolute Gasteiger partial charge is 0.496 e. The van der Waals surface area contributed by atoms with Crippen molar-refractivity contribution in [2.45, 2.75) is 33.4 Å². The van der Waals surface area contributed by atoms with Gasteiger partial charge in [-0.3, -0.25) is 0 Å². The van der Waals surface area contributed by atoms with Gasteiger partial charge < -0.3 is 14.6 Å². The average Bonchev–Trinajstić information content (AvgIpc) is 2.80. The van der Waals surface area contributed by atoms with Crippen LogP contribution in [0.15, 0.2) is 24.3 Å². The van der Waals surface area contributed by atoms with Crippen molar-refractivity contribution in [3.63, 3.8) is 0 Å². The Labute approximate surface area is 132 Å². The molecule has 0 spiro atoms. The molecule has 1 atom stereocenters. The molecule has 0 unspecified atom stereocenters. The van der Waals surface area contributed by atoms with Crippen LogP contribution in [0.25, 0.3) is 0 Å². The van der Waals surface area contributed by atoms with Crippen LogP contribution in [0.3, 0.4) is 0 Å². The summed E-state index contributed by atoms with van der Waals surface area (Å²) in [6.07, 6.45) is 0. The maximum absolute atomic E-state index is 9.10. The highest BCUT2D eigenvalue weighted by atomic mass is 16.5. The smallest absolute Gasteiger partial charge is 0.123 e. The lowest BCUT2D eigenvalue weighted by molar-refractivity contribution is 0.401. The van der Waals surface area contributed by atoms with Crippen LogP contribution in [0.1, 0.15) is 41.0 Å². The molecule has 1 heterocycles. The van der Waals surface area contributed by atoms with Gasteiger partial charge in [-0.2, -0.15) is 5.26 Å². The van der Waals surface area contributed by atoms with Crippen LogP contribution in [-0.4, -0.2) is 11.7 Å². The summed E-state index contributed by atoms with van der Waals surface area (Å²) in [6.45, 7) is 6.96. The Balaban J connectivity index is 2.15. The van der Waals surface area contributed by atoms with E-state index in [1.807, 2.05) is 30.7 Å². The molecular formula is C18H23N3O. The van der Waals surface area contributed by atoms with Crippen molar-refractivity contribution < 1.29 is 4.74 Å². The number of aryl methyl sites for hydroxylation is 1. The van der Waals surface area contributed by atoms with Crippen LogP contribution in [-0.2, 0) is 13.6 Å². The number of nitrogens with zero attached hydrogens (tertiary/aromatic N) is 2. The fourth-order valence-electron chi connectivity index (χ4n) is 2.61. The SMILES string of the molecule is COc1ccc(C)cc1[C@H](C)NCc1cc(C#N)n(C)c1C. The normalized spacial score (nSPS) is 12.0. The highest BCUT2D eigenvalue weighted by Crippen LogP contribution is 2.26. The zero-order valence-corrected chi connectivity index (χ0v) is 13.9. The Morgan fingerprint density at radius 1 is 1.32 bits per heavy atom. The Morgan fingerprint density at radius 3 is 2.64 bits per heavy atom. The van der Waals surface area contributed by atoms with E-state index in [2.05, 4.69) is 37.4 Å². The zero-order chi connectivity index (χ0) is 16.3. The summed E-state index contributed by atoms with van der Waals surface area (Å²) in [5.41, 5.74) is 5.32. The van der Waals surface area contributed by atoms with Crippen LogP contribution in [0.2, 0.25) is 0 Å². The number of rotatable bonds is 5. The molecule has 116 valence electrons. The number of nitriles is 1. The van der Waals surface area contributed by atoms with Gasteiger partial charge in [0.25, 0.3) is 0 Å². The minimum atomic E-state index is 0.167. The third kappa shape index (κ3) is 3.15. The maximum atomic E-state index is 9.10. The van der Waals surface area contributed by atoms with Crippen molar-refractivity contribution in [3.05, 3.63) is 52.3 Å². The quantitative estimate of drug-likeness (QED) is 0.920. The summed E-state index contributed by atoms with van der Waals surface area (Å²) in [4.78, 5) is 0. The number of methoxy groups -OCH3 is 1. The summed E-state index contributed by atoms with van der Waals surface area (Å²) < 4.78 is 7.38. The highest BCUT2D eigenvalue weighted by Gasteiger charge is 2.13. The van der Waals surface area contributed by atoms with Gasteiger partial charge in [0, 0.05) is 30.9 Å². The average molecular weight is 297 g/mol. The van der Waals surface area contributed by atoms with Gasteiger partial charge in [-0.05, 0) is 38.5 Å². The minimum Gasteiger partial charge on any atom is -0.496 e. The number of aromatic nitrogens is 1. The molecule has 0 aliphatic carbocycles. The van der Waals surface area contributed by atoms with Gasteiger partial charge in [0.1, 0.15) is 17.5 Å². The summed E-state index contributed by atoms with van der Waals surface area (Å²) in [6, 6.07) is 10.5. The molecule has 0 saturated carbocycles. The summed E-state index contributed by atoms with van der Waals surface area (Å²) in [7, 11) is 3.62. The van der Waals surface area contributed by atoms with Crippen LogP contribution >= 0.6 is 0 Å². The van der Waals surface area contributed by atoms with E-state index in [9.17, 15) is 0 Å². The molecule has 22 heavy (non-hydrogen) atoms. The second kappa shape index (κ2) is 6.67. The number of benzene rings is 1. The lowest BCUT2D eigenvalue weighted by Gasteiger charge is -2.18. The van der Waals surface area contributed by atoms with Gasteiger partial charge in [-0.25, -0.2) is 0 Å². The lowest BCUT2D eigenvalue weighted by Crippen LogP contribution is -2.19. The highest BCUT2D eigenvalue weighted by molar-refractivity contribution is 5.39. The van der Waals surface area contributed by atoms with E-state index in [0.29, 0.717) is 5.69 Å². The topological polar surface area (TPSA) is 50.0 Å². The molecule has 1 N–H and O–H groups in total. The van der Waals surface area contributed by atoms with E-state index >= 15 is 0 Å². The molecule has 0 fully saturated rings. The molecular weight excluding hydrogens is 274 g/mol. The van der Waals surface area contributed by atoms with Gasteiger partial charge in [-0.1, -0.05) is 17.7 Å². The Hall–Kier alpha value is -2.25. The molecule has 0 bridgehead atoms. The van der Waals surface area contributed by atoms with Crippen LogP contribution in [0.5, 0.6) is 5.75 Å². The van der Waals surface area contributed by atoms with Crippen molar-refractivity contribution in [1.29, 1.82) is 5.26 Å². The van der Waals surface area contributed by atoms with E-state index in [1.54, 1.807) is 7.11 Å². The molecule has 4 heteroatoms. The molecule has 2 rings (SSSR count). The Bertz CT molecular complexity index is 710. The second-order valence-electron chi connectivity index (χ2n) is 5.66. The summed E-state index contributed by atoms with van der Waals surface area (Å²) in [5, 5.41) is 12.6. The van der Waals surface area contributed by atoms with Gasteiger partial charge in [0.05, 0.1) is 7.11 Å². The second-order valence-corrected chi connectivity index (χ2v) is 5.66. The predicted octanol–water partition coefficient (Wildman–Crippen LogP) is 3.37. The first kappa shape index (κ1) is 16.1. The molecule has 1 aromatic heterocycles. The molecule has 0 radical (unpaired) electrons.